The van der Waals surface area contributed by atoms with Crippen molar-refractivity contribution in [3.63, 3.8) is 0 Å². The summed E-state index contributed by atoms with van der Waals surface area (Å²) in [5.74, 6) is 2.33. The van der Waals surface area contributed by atoms with Crippen LogP contribution in [-0.4, -0.2) is 18.1 Å². The molecule has 0 radical (unpaired) electrons. The van der Waals surface area contributed by atoms with Gasteiger partial charge in [-0.05, 0) is 56.2 Å². The third-order valence-electron chi connectivity index (χ3n) is 4.22. The maximum absolute atomic E-state index is 6.23. The molecule has 21 heavy (non-hydrogen) atoms. The summed E-state index contributed by atoms with van der Waals surface area (Å²) < 4.78 is 6.23. The Morgan fingerprint density at radius 2 is 1.90 bits per heavy atom. The van der Waals surface area contributed by atoms with Crippen molar-refractivity contribution in [2.24, 2.45) is 11.8 Å². The average molecular weight is 290 g/mol. The number of nitrogens with zero attached hydrogens (tertiary/aromatic N) is 1. The van der Waals surface area contributed by atoms with Gasteiger partial charge in [0.2, 0.25) is 5.88 Å². The monoisotopic (exact) mass is 290 g/mol. The quantitative estimate of drug-likeness (QED) is 0.861. The number of hydrogen-bond donors (Lipinski definition) is 1. The van der Waals surface area contributed by atoms with Crippen LogP contribution in [0.15, 0.2) is 12.1 Å². The molecule has 1 aromatic heterocycles. The Hall–Kier alpha value is -1.09. The fraction of sp³-hybridized carbons (Fsp3) is 0.722. The molecule has 1 aromatic rings. The molecule has 0 bridgehead atoms. The van der Waals surface area contributed by atoms with Crippen LogP contribution in [0.2, 0.25) is 0 Å². The molecule has 1 fully saturated rings. The molecule has 3 nitrogen and oxygen atoms in total. The highest BCUT2D eigenvalue weighted by atomic mass is 16.5. The summed E-state index contributed by atoms with van der Waals surface area (Å²) in [7, 11) is 1.98. The second kappa shape index (κ2) is 7.79. The zero-order valence-corrected chi connectivity index (χ0v) is 14.0. The van der Waals surface area contributed by atoms with Gasteiger partial charge < -0.3 is 10.1 Å². The summed E-state index contributed by atoms with van der Waals surface area (Å²) in [4.78, 5) is 4.70. The molecule has 1 N–H and O–H groups in total. The van der Waals surface area contributed by atoms with Gasteiger partial charge in [0.1, 0.15) is 6.10 Å². The molecule has 0 saturated heterocycles. The Kier molecular flexibility index (Phi) is 6.04. The van der Waals surface area contributed by atoms with Crippen LogP contribution >= 0.6 is 0 Å². The normalized spacial score (nSPS) is 25.8. The SMILES string of the molecule is CCCc1cc(CNC)cc(OC2CC(C)CC(C)C2)n1. The molecule has 1 heterocycles. The molecule has 1 aliphatic rings. The van der Waals surface area contributed by atoms with Crippen LogP contribution < -0.4 is 10.1 Å². The number of hydrogen-bond acceptors (Lipinski definition) is 3. The Labute approximate surface area is 129 Å². The summed E-state index contributed by atoms with van der Waals surface area (Å²) >= 11 is 0. The van der Waals surface area contributed by atoms with E-state index in [1.165, 1.54) is 12.0 Å². The number of rotatable bonds is 6. The van der Waals surface area contributed by atoms with Gasteiger partial charge in [-0.2, -0.15) is 0 Å². The van der Waals surface area contributed by atoms with Gasteiger partial charge in [-0.25, -0.2) is 4.98 Å². The van der Waals surface area contributed by atoms with E-state index in [4.69, 9.17) is 9.72 Å². The zero-order chi connectivity index (χ0) is 15.2. The van der Waals surface area contributed by atoms with E-state index < -0.39 is 0 Å². The minimum Gasteiger partial charge on any atom is -0.474 e. The van der Waals surface area contributed by atoms with Crippen LogP contribution in [0.3, 0.4) is 0 Å². The Bertz CT molecular complexity index is 413. The summed E-state index contributed by atoms with van der Waals surface area (Å²) in [6.07, 6.45) is 6.11. The van der Waals surface area contributed by atoms with Crippen molar-refractivity contribution in [3.05, 3.63) is 23.4 Å². The highest BCUT2D eigenvalue weighted by molar-refractivity contribution is 5.25. The maximum atomic E-state index is 6.23. The van der Waals surface area contributed by atoms with Gasteiger partial charge in [-0.1, -0.05) is 27.2 Å². The smallest absolute Gasteiger partial charge is 0.214 e. The van der Waals surface area contributed by atoms with E-state index in [1.54, 1.807) is 0 Å². The van der Waals surface area contributed by atoms with Crippen LogP contribution in [0.5, 0.6) is 5.88 Å². The molecular weight excluding hydrogens is 260 g/mol. The van der Waals surface area contributed by atoms with E-state index in [0.29, 0.717) is 6.10 Å². The van der Waals surface area contributed by atoms with Crippen LogP contribution in [0.4, 0.5) is 0 Å². The van der Waals surface area contributed by atoms with E-state index in [2.05, 4.69) is 38.2 Å². The molecule has 118 valence electrons. The average Bonchev–Trinajstić information content (AvgIpc) is 2.37. The van der Waals surface area contributed by atoms with Gasteiger partial charge in [-0.3, -0.25) is 0 Å². The van der Waals surface area contributed by atoms with Gasteiger partial charge in [-0.15, -0.1) is 0 Å². The summed E-state index contributed by atoms with van der Waals surface area (Å²) in [5.41, 5.74) is 2.42. The van der Waals surface area contributed by atoms with Crippen LogP contribution in [0.1, 0.15) is 57.7 Å². The molecule has 2 rings (SSSR count). The van der Waals surface area contributed by atoms with E-state index in [0.717, 1.165) is 55.6 Å². The van der Waals surface area contributed by atoms with E-state index in [9.17, 15) is 0 Å². The predicted octanol–water partition coefficient (Wildman–Crippen LogP) is 3.96. The molecule has 0 amide bonds. The van der Waals surface area contributed by atoms with Gasteiger partial charge >= 0.3 is 0 Å². The lowest BCUT2D eigenvalue weighted by Gasteiger charge is -2.31. The Morgan fingerprint density at radius 3 is 2.52 bits per heavy atom. The Balaban J connectivity index is 2.10. The molecule has 3 heteroatoms. The van der Waals surface area contributed by atoms with Crippen molar-refractivity contribution in [2.45, 2.75) is 65.5 Å². The summed E-state index contributed by atoms with van der Waals surface area (Å²) in [6, 6.07) is 4.29. The third-order valence-corrected chi connectivity index (χ3v) is 4.22. The summed E-state index contributed by atoms with van der Waals surface area (Å²) in [5, 5.41) is 3.21. The summed E-state index contributed by atoms with van der Waals surface area (Å²) in [6.45, 7) is 7.73. The molecule has 1 aliphatic carbocycles. The molecule has 2 atom stereocenters. The van der Waals surface area contributed by atoms with Gasteiger partial charge in [0.25, 0.3) is 0 Å². The Morgan fingerprint density at radius 1 is 1.19 bits per heavy atom. The van der Waals surface area contributed by atoms with Crippen LogP contribution in [0.25, 0.3) is 0 Å². The first-order chi connectivity index (χ1) is 10.1. The topological polar surface area (TPSA) is 34.1 Å². The largest absolute Gasteiger partial charge is 0.474 e. The van der Waals surface area contributed by atoms with Gasteiger partial charge in [0.15, 0.2) is 0 Å². The van der Waals surface area contributed by atoms with Crippen molar-refractivity contribution >= 4 is 0 Å². The molecule has 2 unspecified atom stereocenters. The zero-order valence-electron chi connectivity index (χ0n) is 14.0. The van der Waals surface area contributed by atoms with Crippen molar-refractivity contribution in [1.29, 1.82) is 0 Å². The van der Waals surface area contributed by atoms with Crippen LogP contribution in [-0.2, 0) is 13.0 Å². The first-order valence-corrected chi connectivity index (χ1v) is 8.41. The van der Waals surface area contributed by atoms with Gasteiger partial charge in [0.05, 0.1) is 0 Å². The van der Waals surface area contributed by atoms with Crippen molar-refractivity contribution < 1.29 is 4.74 Å². The highest BCUT2D eigenvalue weighted by Crippen LogP contribution is 2.31. The number of nitrogens with one attached hydrogen (secondary N) is 1. The first kappa shape index (κ1) is 16.3. The van der Waals surface area contributed by atoms with E-state index in [-0.39, 0.29) is 0 Å². The minimum atomic E-state index is 0.329. The second-order valence-electron chi connectivity index (χ2n) is 6.74. The standard InChI is InChI=1S/C18H30N2O/c1-5-6-16-10-15(12-19-4)11-18(20-16)21-17-8-13(2)7-14(3)9-17/h10-11,13-14,17,19H,5-9,12H2,1-4H3. The molecule has 1 saturated carbocycles. The lowest BCUT2D eigenvalue weighted by atomic mass is 9.82. The lowest BCUT2D eigenvalue weighted by molar-refractivity contribution is 0.0964. The molecule has 0 spiro atoms. The van der Waals surface area contributed by atoms with E-state index in [1.807, 2.05) is 7.05 Å². The van der Waals surface area contributed by atoms with Crippen molar-refractivity contribution in [3.8, 4) is 5.88 Å². The maximum Gasteiger partial charge on any atom is 0.214 e. The van der Waals surface area contributed by atoms with Crippen LogP contribution in [0, 0.1) is 11.8 Å². The fourth-order valence-electron chi connectivity index (χ4n) is 3.51. The lowest BCUT2D eigenvalue weighted by Crippen LogP contribution is -2.29. The number of ether oxygens (including phenoxy) is 1. The molecular formula is C18H30N2O. The fourth-order valence-corrected chi connectivity index (χ4v) is 3.51. The van der Waals surface area contributed by atoms with Crippen molar-refractivity contribution in [1.82, 2.24) is 10.3 Å². The number of pyridine rings is 1. The third kappa shape index (κ3) is 4.99. The predicted molar refractivity (Wildman–Crippen MR) is 87.6 cm³/mol. The van der Waals surface area contributed by atoms with Gasteiger partial charge in [0, 0.05) is 18.3 Å². The number of aryl methyl sites for hydroxylation is 1. The molecule has 0 aliphatic heterocycles. The van der Waals surface area contributed by atoms with E-state index >= 15 is 0 Å². The molecule has 0 aromatic carbocycles. The highest BCUT2D eigenvalue weighted by Gasteiger charge is 2.25. The minimum absolute atomic E-state index is 0.329. The van der Waals surface area contributed by atoms with Crippen molar-refractivity contribution in [2.75, 3.05) is 7.05 Å². The first-order valence-electron chi connectivity index (χ1n) is 8.41. The number of aromatic nitrogens is 1. The second-order valence-corrected chi connectivity index (χ2v) is 6.74.